The maximum absolute atomic E-state index is 11.3. The smallest absolute Gasteiger partial charge is 0.328 e. The van der Waals surface area contributed by atoms with Gasteiger partial charge in [-0.3, -0.25) is 4.79 Å². The van der Waals surface area contributed by atoms with E-state index in [1.54, 1.807) is 18.2 Å². The first kappa shape index (κ1) is 14.1. The Morgan fingerprint density at radius 1 is 1.41 bits per heavy atom. The van der Waals surface area contributed by atoms with E-state index in [4.69, 9.17) is 5.11 Å². The van der Waals surface area contributed by atoms with E-state index in [1.165, 1.54) is 13.0 Å². The van der Waals surface area contributed by atoms with E-state index in [9.17, 15) is 9.59 Å². The molecule has 0 saturated carbocycles. The second-order valence-electron chi connectivity index (χ2n) is 3.42. The summed E-state index contributed by atoms with van der Waals surface area (Å²) in [6, 6.07) is 5.35. The standard InChI is InChI=1S/C12H10Br2O3/c1-7(15)12(14)10-6-9(13)4-2-8(10)3-5-11(16)17/h2-6,12H,1H3,(H,16,17)/b5-3+. The normalized spacial score (nSPS) is 12.6. The summed E-state index contributed by atoms with van der Waals surface area (Å²) in [5.74, 6) is -1.05. The molecule has 0 amide bonds. The van der Waals surface area contributed by atoms with Crippen molar-refractivity contribution in [2.24, 2.45) is 0 Å². The van der Waals surface area contributed by atoms with Crippen LogP contribution in [0.5, 0.6) is 0 Å². The van der Waals surface area contributed by atoms with Gasteiger partial charge in [-0.25, -0.2) is 4.79 Å². The Bertz CT molecular complexity index is 481. The molecule has 5 heteroatoms. The lowest BCUT2D eigenvalue weighted by atomic mass is 10.0. The molecule has 1 aromatic carbocycles. The molecular weight excluding hydrogens is 352 g/mol. The van der Waals surface area contributed by atoms with Crippen LogP contribution < -0.4 is 0 Å². The van der Waals surface area contributed by atoms with Crippen LogP contribution in [0.2, 0.25) is 0 Å². The maximum atomic E-state index is 11.3. The van der Waals surface area contributed by atoms with Crippen molar-refractivity contribution in [3.8, 4) is 0 Å². The van der Waals surface area contributed by atoms with Crippen molar-refractivity contribution in [1.29, 1.82) is 0 Å². The molecule has 0 heterocycles. The molecule has 0 spiro atoms. The fraction of sp³-hybridized carbons (Fsp3) is 0.167. The quantitative estimate of drug-likeness (QED) is 0.658. The lowest BCUT2D eigenvalue weighted by molar-refractivity contribution is -0.131. The van der Waals surface area contributed by atoms with Crippen molar-refractivity contribution in [1.82, 2.24) is 0 Å². The number of carbonyl (C=O) groups excluding carboxylic acids is 1. The van der Waals surface area contributed by atoms with Crippen LogP contribution in [0.3, 0.4) is 0 Å². The van der Waals surface area contributed by atoms with Crippen LogP contribution in [0.1, 0.15) is 22.9 Å². The molecule has 0 aliphatic rings. The Morgan fingerprint density at radius 2 is 2.06 bits per heavy atom. The summed E-state index contributed by atoms with van der Waals surface area (Å²) in [5, 5.41) is 8.59. The van der Waals surface area contributed by atoms with Crippen molar-refractivity contribution in [3.63, 3.8) is 0 Å². The van der Waals surface area contributed by atoms with Crippen LogP contribution in [-0.4, -0.2) is 16.9 Å². The summed E-state index contributed by atoms with van der Waals surface area (Å²) in [6.07, 6.45) is 2.52. The summed E-state index contributed by atoms with van der Waals surface area (Å²) in [7, 11) is 0. The number of carbonyl (C=O) groups is 2. The number of benzene rings is 1. The van der Waals surface area contributed by atoms with E-state index in [0.717, 1.165) is 16.1 Å². The minimum Gasteiger partial charge on any atom is -0.478 e. The average Bonchev–Trinajstić information content (AvgIpc) is 2.26. The molecule has 1 rings (SSSR count). The Hall–Kier alpha value is -0.940. The molecule has 90 valence electrons. The van der Waals surface area contributed by atoms with Crippen LogP contribution in [-0.2, 0) is 9.59 Å². The highest BCUT2D eigenvalue weighted by Crippen LogP contribution is 2.30. The topological polar surface area (TPSA) is 54.4 Å². The molecule has 0 aliphatic heterocycles. The van der Waals surface area contributed by atoms with Crippen LogP contribution in [0, 0.1) is 0 Å². The molecule has 0 radical (unpaired) electrons. The minimum atomic E-state index is -1.02. The van der Waals surface area contributed by atoms with Gasteiger partial charge in [0.2, 0.25) is 0 Å². The van der Waals surface area contributed by atoms with Gasteiger partial charge in [-0.15, -0.1) is 0 Å². The second-order valence-corrected chi connectivity index (χ2v) is 5.25. The Kier molecular flexibility index (Phi) is 5.08. The molecule has 0 fully saturated rings. The van der Waals surface area contributed by atoms with Crippen molar-refractivity contribution >= 4 is 49.7 Å². The maximum Gasteiger partial charge on any atom is 0.328 e. The molecule has 1 unspecified atom stereocenters. The summed E-state index contributed by atoms with van der Waals surface area (Å²) >= 11 is 6.61. The molecule has 0 aliphatic carbocycles. The Balaban J connectivity index is 3.21. The number of hydrogen-bond acceptors (Lipinski definition) is 2. The van der Waals surface area contributed by atoms with Crippen LogP contribution >= 0.6 is 31.9 Å². The molecule has 17 heavy (non-hydrogen) atoms. The lowest BCUT2D eigenvalue weighted by Crippen LogP contribution is -2.03. The van der Waals surface area contributed by atoms with Crippen LogP contribution in [0.15, 0.2) is 28.7 Å². The van der Waals surface area contributed by atoms with Gasteiger partial charge in [0.1, 0.15) is 5.78 Å². The third kappa shape index (κ3) is 4.09. The van der Waals surface area contributed by atoms with Gasteiger partial charge in [-0.1, -0.05) is 37.9 Å². The number of aliphatic carboxylic acids is 1. The van der Waals surface area contributed by atoms with Gasteiger partial charge in [0.25, 0.3) is 0 Å². The van der Waals surface area contributed by atoms with E-state index in [1.807, 2.05) is 0 Å². The Morgan fingerprint density at radius 3 is 2.59 bits per heavy atom. The van der Waals surface area contributed by atoms with Crippen molar-refractivity contribution < 1.29 is 14.7 Å². The molecule has 1 aromatic rings. The number of ketones is 1. The summed E-state index contributed by atoms with van der Waals surface area (Å²) in [6.45, 7) is 1.48. The molecule has 0 bridgehead atoms. The first-order chi connectivity index (χ1) is 7.91. The highest BCUT2D eigenvalue weighted by Gasteiger charge is 2.15. The predicted octanol–water partition coefficient (Wildman–Crippen LogP) is 3.57. The third-order valence-corrected chi connectivity index (χ3v) is 3.72. The number of rotatable bonds is 4. The van der Waals surface area contributed by atoms with Gasteiger partial charge >= 0.3 is 5.97 Å². The van der Waals surface area contributed by atoms with Gasteiger partial charge in [0.05, 0.1) is 4.83 Å². The van der Waals surface area contributed by atoms with E-state index >= 15 is 0 Å². The highest BCUT2D eigenvalue weighted by molar-refractivity contribution is 9.10. The number of Topliss-reactive ketones (excluding diaryl/α,β-unsaturated/α-hetero) is 1. The fourth-order valence-electron chi connectivity index (χ4n) is 1.30. The predicted molar refractivity (Wildman–Crippen MR) is 73.2 cm³/mol. The van der Waals surface area contributed by atoms with E-state index in [-0.39, 0.29) is 5.78 Å². The molecule has 1 atom stereocenters. The number of hydrogen-bond donors (Lipinski definition) is 1. The van der Waals surface area contributed by atoms with Crippen molar-refractivity contribution in [3.05, 3.63) is 39.9 Å². The van der Waals surface area contributed by atoms with Crippen LogP contribution in [0.25, 0.3) is 6.08 Å². The molecule has 0 aromatic heterocycles. The molecule has 1 N–H and O–H groups in total. The van der Waals surface area contributed by atoms with Gasteiger partial charge in [0.15, 0.2) is 0 Å². The number of carboxylic acids is 1. The zero-order valence-corrected chi connectivity index (χ0v) is 12.2. The van der Waals surface area contributed by atoms with E-state index < -0.39 is 10.8 Å². The molecule has 3 nitrogen and oxygen atoms in total. The monoisotopic (exact) mass is 360 g/mol. The summed E-state index contributed by atoms with van der Waals surface area (Å²) < 4.78 is 0.839. The Labute approximate surface area is 116 Å². The summed E-state index contributed by atoms with van der Waals surface area (Å²) in [4.78, 5) is 21.4. The molecular formula is C12H10Br2O3. The average molecular weight is 362 g/mol. The lowest BCUT2D eigenvalue weighted by Gasteiger charge is -2.10. The van der Waals surface area contributed by atoms with Crippen LogP contribution in [0.4, 0.5) is 0 Å². The SMILES string of the molecule is CC(=O)C(Br)c1cc(Br)ccc1/C=C/C(=O)O. The summed E-state index contributed by atoms with van der Waals surface area (Å²) in [5.41, 5.74) is 1.44. The van der Waals surface area contributed by atoms with Gasteiger partial charge < -0.3 is 5.11 Å². The number of halogens is 2. The third-order valence-electron chi connectivity index (χ3n) is 2.08. The zero-order chi connectivity index (χ0) is 13.0. The minimum absolute atomic E-state index is 0.0342. The highest BCUT2D eigenvalue weighted by atomic mass is 79.9. The largest absolute Gasteiger partial charge is 0.478 e. The first-order valence-electron chi connectivity index (χ1n) is 4.77. The molecule has 0 saturated heterocycles. The van der Waals surface area contributed by atoms with E-state index in [0.29, 0.717) is 5.56 Å². The number of alkyl halides is 1. The van der Waals surface area contributed by atoms with E-state index in [2.05, 4.69) is 31.9 Å². The van der Waals surface area contributed by atoms with Crippen molar-refractivity contribution in [2.75, 3.05) is 0 Å². The van der Waals surface area contributed by atoms with Gasteiger partial charge in [-0.05, 0) is 36.3 Å². The van der Waals surface area contributed by atoms with Gasteiger partial charge in [-0.2, -0.15) is 0 Å². The fourth-order valence-corrected chi connectivity index (χ4v) is 2.07. The first-order valence-corrected chi connectivity index (χ1v) is 6.47. The second kappa shape index (κ2) is 6.12. The van der Waals surface area contributed by atoms with Crippen molar-refractivity contribution in [2.45, 2.75) is 11.8 Å². The zero-order valence-electron chi connectivity index (χ0n) is 8.98. The van der Waals surface area contributed by atoms with Gasteiger partial charge in [0, 0.05) is 10.5 Å². The number of carboxylic acid groups (broad SMARTS) is 1.